The minimum Gasteiger partial charge on any atom is -0.480 e. The van der Waals surface area contributed by atoms with Gasteiger partial charge in [0.25, 0.3) is 5.91 Å². The van der Waals surface area contributed by atoms with Crippen LogP contribution in [0.4, 0.5) is 0 Å². The summed E-state index contributed by atoms with van der Waals surface area (Å²) in [6, 6.07) is -0.657. The number of rotatable bonds is 2. The molecule has 96 valence electrons. The quantitative estimate of drug-likeness (QED) is 0.783. The Balaban J connectivity index is 2.03. The van der Waals surface area contributed by atoms with E-state index < -0.39 is 18.1 Å². The first-order chi connectivity index (χ1) is 8.09. The van der Waals surface area contributed by atoms with E-state index in [1.54, 1.807) is 0 Å². The van der Waals surface area contributed by atoms with Gasteiger partial charge < -0.3 is 14.7 Å². The molecular formula is C12H19NO4. The zero-order valence-electron chi connectivity index (χ0n) is 10.1. The van der Waals surface area contributed by atoms with Crippen LogP contribution in [0.3, 0.4) is 0 Å². The van der Waals surface area contributed by atoms with Crippen LogP contribution in [0.25, 0.3) is 0 Å². The number of hydrogen-bond acceptors (Lipinski definition) is 3. The van der Waals surface area contributed by atoms with Crippen molar-refractivity contribution >= 4 is 11.9 Å². The van der Waals surface area contributed by atoms with Crippen molar-refractivity contribution in [3.8, 4) is 0 Å². The number of likely N-dealkylation sites (tertiary alicyclic amines) is 1. The molecule has 17 heavy (non-hydrogen) atoms. The molecule has 0 spiro atoms. The van der Waals surface area contributed by atoms with Gasteiger partial charge in [-0.2, -0.15) is 0 Å². The van der Waals surface area contributed by atoms with Crippen molar-refractivity contribution < 1.29 is 19.4 Å². The molecule has 2 fully saturated rings. The van der Waals surface area contributed by atoms with Crippen LogP contribution in [-0.4, -0.2) is 46.7 Å². The maximum Gasteiger partial charge on any atom is 0.326 e. The van der Waals surface area contributed by atoms with Crippen molar-refractivity contribution in [1.29, 1.82) is 0 Å². The van der Waals surface area contributed by atoms with Gasteiger partial charge in [-0.15, -0.1) is 0 Å². The van der Waals surface area contributed by atoms with Crippen LogP contribution in [0, 0.1) is 0 Å². The molecule has 0 aromatic heterocycles. The topological polar surface area (TPSA) is 66.8 Å². The summed E-state index contributed by atoms with van der Waals surface area (Å²) >= 11 is 0. The van der Waals surface area contributed by atoms with Crippen molar-refractivity contribution in [2.45, 2.75) is 57.3 Å². The summed E-state index contributed by atoms with van der Waals surface area (Å²) in [6.45, 7) is 2.49. The van der Waals surface area contributed by atoms with E-state index in [2.05, 4.69) is 0 Å². The van der Waals surface area contributed by atoms with Gasteiger partial charge in [0.15, 0.2) is 0 Å². The molecule has 1 N–H and O–H groups in total. The number of carboxylic acids is 1. The van der Waals surface area contributed by atoms with E-state index in [-0.39, 0.29) is 12.0 Å². The van der Waals surface area contributed by atoms with E-state index in [1.807, 2.05) is 6.92 Å². The summed E-state index contributed by atoms with van der Waals surface area (Å²) in [5.74, 6) is -1.04. The lowest BCUT2D eigenvalue weighted by molar-refractivity contribution is -0.157. The molecule has 0 aromatic carbocycles. The molecule has 1 amide bonds. The lowest BCUT2D eigenvalue weighted by atomic mass is 10.0. The molecule has 2 aliphatic heterocycles. The molecule has 0 radical (unpaired) electrons. The molecule has 2 unspecified atom stereocenters. The maximum atomic E-state index is 12.2. The summed E-state index contributed by atoms with van der Waals surface area (Å²) in [4.78, 5) is 24.8. The highest BCUT2D eigenvalue weighted by atomic mass is 16.5. The molecule has 2 saturated heterocycles. The lowest BCUT2D eigenvalue weighted by Gasteiger charge is -2.34. The van der Waals surface area contributed by atoms with Crippen LogP contribution in [-0.2, 0) is 14.3 Å². The Bertz CT molecular complexity index is 318. The highest BCUT2D eigenvalue weighted by molar-refractivity contribution is 5.86. The summed E-state index contributed by atoms with van der Waals surface area (Å²) in [6.07, 6.45) is 3.59. The van der Waals surface area contributed by atoms with Gasteiger partial charge in [0.05, 0.1) is 6.10 Å². The summed E-state index contributed by atoms with van der Waals surface area (Å²) in [5.41, 5.74) is 0. The van der Waals surface area contributed by atoms with Gasteiger partial charge in [-0.25, -0.2) is 4.79 Å². The highest BCUT2D eigenvalue weighted by Gasteiger charge is 2.38. The van der Waals surface area contributed by atoms with Crippen LogP contribution < -0.4 is 0 Å². The zero-order valence-corrected chi connectivity index (χ0v) is 10.1. The Hall–Kier alpha value is -1.10. The number of nitrogens with zero attached hydrogens (tertiary/aromatic N) is 1. The fraction of sp³-hybridized carbons (Fsp3) is 0.833. The molecule has 2 aliphatic rings. The molecule has 2 rings (SSSR count). The third-order valence-electron chi connectivity index (χ3n) is 3.58. The number of ether oxygens (including phenoxy) is 1. The molecule has 5 heteroatoms. The van der Waals surface area contributed by atoms with Crippen LogP contribution in [0.5, 0.6) is 0 Å². The first-order valence-electron chi connectivity index (χ1n) is 6.28. The molecule has 5 nitrogen and oxygen atoms in total. The van der Waals surface area contributed by atoms with Crippen molar-refractivity contribution in [2.24, 2.45) is 0 Å². The third kappa shape index (κ3) is 2.60. The highest BCUT2D eigenvalue weighted by Crippen LogP contribution is 2.25. The Morgan fingerprint density at radius 3 is 2.59 bits per heavy atom. The summed E-state index contributed by atoms with van der Waals surface area (Å²) in [5, 5.41) is 9.12. The van der Waals surface area contributed by atoms with E-state index in [4.69, 9.17) is 9.84 Å². The van der Waals surface area contributed by atoms with Gasteiger partial charge in [0.2, 0.25) is 0 Å². The Morgan fingerprint density at radius 2 is 2.00 bits per heavy atom. The number of aliphatic carboxylic acids is 1. The number of piperidine rings is 1. The van der Waals surface area contributed by atoms with E-state index >= 15 is 0 Å². The second-order valence-electron chi connectivity index (χ2n) is 4.89. The van der Waals surface area contributed by atoms with Crippen molar-refractivity contribution in [3.63, 3.8) is 0 Å². The largest absolute Gasteiger partial charge is 0.480 e. The first kappa shape index (κ1) is 12.4. The van der Waals surface area contributed by atoms with Crippen LogP contribution >= 0.6 is 0 Å². The lowest BCUT2D eigenvalue weighted by Crippen LogP contribution is -2.51. The third-order valence-corrected chi connectivity index (χ3v) is 3.58. The van der Waals surface area contributed by atoms with Crippen LogP contribution in [0.2, 0.25) is 0 Å². The second kappa shape index (κ2) is 5.04. The number of hydrogen-bond donors (Lipinski definition) is 1. The normalized spacial score (nSPS) is 33.7. The van der Waals surface area contributed by atoms with Crippen molar-refractivity contribution in [3.05, 3.63) is 0 Å². The monoisotopic (exact) mass is 241 g/mol. The fourth-order valence-electron chi connectivity index (χ4n) is 2.62. The standard InChI is InChI=1S/C12H19NO4/c1-8-5-6-10(17-8)11(14)13-7-3-2-4-9(13)12(15)16/h8-10H,2-7H2,1H3,(H,15,16)/t8?,9-,10?/m0/s1. The minimum atomic E-state index is -0.899. The van der Waals surface area contributed by atoms with Crippen LogP contribution in [0.15, 0.2) is 0 Å². The molecule has 0 saturated carbocycles. The molecule has 3 atom stereocenters. The number of amides is 1. The molecule has 0 bridgehead atoms. The predicted molar refractivity (Wildman–Crippen MR) is 60.6 cm³/mol. The van der Waals surface area contributed by atoms with Crippen molar-refractivity contribution in [2.75, 3.05) is 6.54 Å². The van der Waals surface area contributed by atoms with Crippen molar-refractivity contribution in [1.82, 2.24) is 4.90 Å². The van der Waals surface area contributed by atoms with Gasteiger partial charge in [0, 0.05) is 6.54 Å². The van der Waals surface area contributed by atoms with E-state index in [0.29, 0.717) is 19.4 Å². The van der Waals surface area contributed by atoms with E-state index in [9.17, 15) is 9.59 Å². The van der Waals surface area contributed by atoms with Gasteiger partial charge in [0.1, 0.15) is 12.1 Å². The Morgan fingerprint density at radius 1 is 1.24 bits per heavy atom. The zero-order chi connectivity index (χ0) is 12.4. The van der Waals surface area contributed by atoms with E-state index in [1.165, 1.54) is 4.90 Å². The van der Waals surface area contributed by atoms with E-state index in [0.717, 1.165) is 19.3 Å². The number of carbonyl (C=O) groups excluding carboxylic acids is 1. The number of carboxylic acid groups (broad SMARTS) is 1. The predicted octanol–water partition coefficient (Wildman–Crippen LogP) is 1.02. The van der Waals surface area contributed by atoms with Gasteiger partial charge >= 0.3 is 5.97 Å². The van der Waals surface area contributed by atoms with Gasteiger partial charge in [-0.3, -0.25) is 4.79 Å². The fourth-order valence-corrected chi connectivity index (χ4v) is 2.62. The summed E-state index contributed by atoms with van der Waals surface area (Å²) in [7, 11) is 0. The molecule has 2 heterocycles. The van der Waals surface area contributed by atoms with Gasteiger partial charge in [-0.05, 0) is 39.0 Å². The average molecular weight is 241 g/mol. The second-order valence-corrected chi connectivity index (χ2v) is 4.89. The molecular weight excluding hydrogens is 222 g/mol. The average Bonchev–Trinajstić information content (AvgIpc) is 2.75. The Labute approximate surface area is 101 Å². The Kier molecular flexibility index (Phi) is 3.66. The number of carbonyl (C=O) groups is 2. The van der Waals surface area contributed by atoms with Crippen LogP contribution in [0.1, 0.15) is 39.0 Å². The molecule has 0 aliphatic carbocycles. The molecule has 0 aromatic rings. The summed E-state index contributed by atoms with van der Waals surface area (Å²) < 4.78 is 5.52. The minimum absolute atomic E-state index is 0.108. The SMILES string of the molecule is CC1CCC(C(=O)N2CCCC[C@H]2C(=O)O)O1. The van der Waals surface area contributed by atoms with Gasteiger partial charge in [-0.1, -0.05) is 0 Å². The first-order valence-corrected chi connectivity index (χ1v) is 6.28. The smallest absolute Gasteiger partial charge is 0.326 e. The maximum absolute atomic E-state index is 12.2.